The number of pyridine rings is 2. The molecule has 9 heteroatoms. The Balaban J connectivity index is 0.000000195. The van der Waals surface area contributed by atoms with Crippen LogP contribution in [0, 0.1) is 20.8 Å². The number of piperazine rings is 1. The maximum absolute atomic E-state index is 12.4. The average Bonchev–Trinajstić information content (AvgIpc) is 3.33. The zero-order valence-electron chi connectivity index (χ0n) is 37.9. The highest BCUT2D eigenvalue weighted by atomic mass is 32.2. The molecule has 1 saturated heterocycles. The summed E-state index contributed by atoms with van der Waals surface area (Å²) in [7, 11) is -3.70. The number of amidine groups is 1. The molecule has 0 bridgehead atoms. The Hall–Kier alpha value is -7.04. The fourth-order valence-corrected chi connectivity index (χ4v) is 10.5. The molecule has 4 heterocycles. The fourth-order valence-electron chi connectivity index (χ4n) is 9.31. The Morgan fingerprint density at radius 3 is 1.76 bits per heavy atom. The van der Waals surface area contributed by atoms with Gasteiger partial charge in [0.25, 0.3) is 10.0 Å². The topological polar surface area (TPSA) is 90.8 Å². The van der Waals surface area contributed by atoms with Crippen LogP contribution in [0.25, 0.3) is 44.8 Å². The second-order valence-corrected chi connectivity index (χ2v) is 18.7. The lowest BCUT2D eigenvalue weighted by atomic mass is 9.91. The molecule has 8 aromatic rings. The van der Waals surface area contributed by atoms with Crippen molar-refractivity contribution in [3.8, 4) is 44.8 Å². The molecule has 0 aliphatic carbocycles. The van der Waals surface area contributed by atoms with Gasteiger partial charge in [-0.1, -0.05) is 139 Å². The first-order chi connectivity index (χ1) is 32.1. The molecule has 332 valence electrons. The molecule has 2 aliphatic rings. The van der Waals surface area contributed by atoms with E-state index in [2.05, 4.69) is 153 Å². The lowest BCUT2D eigenvalue weighted by molar-refractivity contribution is 0.105. The van der Waals surface area contributed by atoms with Crippen molar-refractivity contribution in [3.63, 3.8) is 0 Å². The predicted molar refractivity (Wildman–Crippen MR) is 272 cm³/mol. The summed E-state index contributed by atoms with van der Waals surface area (Å²) in [6, 6.07) is 59.2. The normalized spacial score (nSPS) is 15.1. The summed E-state index contributed by atoms with van der Waals surface area (Å²) in [5.74, 6) is 0.370. The van der Waals surface area contributed by atoms with Gasteiger partial charge in [-0.3, -0.25) is 19.8 Å². The highest BCUT2D eigenvalue weighted by Gasteiger charge is 2.27. The molecule has 1 unspecified atom stereocenters. The number of benzene rings is 6. The van der Waals surface area contributed by atoms with Gasteiger partial charge in [0, 0.05) is 57.7 Å². The largest absolute Gasteiger partial charge is 0.342 e. The van der Waals surface area contributed by atoms with Gasteiger partial charge in [0.1, 0.15) is 10.7 Å². The molecular formula is C57H56N6O2S. The van der Waals surface area contributed by atoms with Crippen LogP contribution in [-0.4, -0.2) is 60.2 Å². The quantitative estimate of drug-likeness (QED) is 0.154. The van der Waals surface area contributed by atoms with E-state index in [-0.39, 0.29) is 12.4 Å². The molecular weight excluding hydrogens is 833 g/mol. The van der Waals surface area contributed by atoms with Crippen LogP contribution in [0.5, 0.6) is 0 Å². The van der Waals surface area contributed by atoms with Gasteiger partial charge < -0.3 is 5.32 Å². The second-order valence-electron chi connectivity index (χ2n) is 17.1. The average molecular weight is 889 g/mol. The number of aromatic nitrogens is 2. The molecule has 0 saturated carbocycles. The molecule has 1 N–H and O–H groups in total. The smallest absolute Gasteiger partial charge is 0.286 e. The summed E-state index contributed by atoms with van der Waals surface area (Å²) in [4.78, 5) is 14.6. The number of nitrogens with one attached hydrogen (secondary N) is 1. The third kappa shape index (κ3) is 9.79. The van der Waals surface area contributed by atoms with Crippen LogP contribution in [-0.2, 0) is 16.6 Å². The molecule has 1 atom stereocenters. The first-order valence-corrected chi connectivity index (χ1v) is 24.0. The van der Waals surface area contributed by atoms with E-state index in [0.717, 1.165) is 66.4 Å². The Kier molecular flexibility index (Phi) is 13.1. The zero-order valence-corrected chi connectivity index (χ0v) is 38.7. The van der Waals surface area contributed by atoms with Crippen LogP contribution in [0.4, 0.5) is 5.69 Å². The maximum atomic E-state index is 12.4. The van der Waals surface area contributed by atoms with Crippen LogP contribution >= 0.6 is 0 Å². The van der Waals surface area contributed by atoms with Crippen LogP contribution in [0.1, 0.15) is 47.8 Å². The van der Waals surface area contributed by atoms with E-state index in [1.165, 1.54) is 44.5 Å². The van der Waals surface area contributed by atoms with Gasteiger partial charge in [-0.25, -0.2) is 0 Å². The lowest BCUT2D eigenvalue weighted by Crippen LogP contribution is -2.47. The van der Waals surface area contributed by atoms with Gasteiger partial charge >= 0.3 is 0 Å². The summed E-state index contributed by atoms with van der Waals surface area (Å²) in [6.45, 7) is 13.3. The van der Waals surface area contributed by atoms with Crippen molar-refractivity contribution < 1.29 is 9.84 Å². The third-order valence-corrected chi connectivity index (χ3v) is 13.9. The Labute approximate surface area is 390 Å². The van der Waals surface area contributed by atoms with Gasteiger partial charge in [0.15, 0.2) is 0 Å². The summed E-state index contributed by atoms with van der Waals surface area (Å²) in [5, 5.41) is 3.01. The number of nitrogens with zero attached hydrogens (tertiary/aromatic N) is 5. The Morgan fingerprint density at radius 1 is 0.576 bits per heavy atom. The van der Waals surface area contributed by atoms with Gasteiger partial charge in [-0.05, 0) is 114 Å². The minimum Gasteiger partial charge on any atom is -0.342 e. The molecule has 8 nitrogen and oxygen atoms in total. The maximum Gasteiger partial charge on any atom is 0.286 e. The second kappa shape index (κ2) is 19.6. The molecule has 10 rings (SSSR count). The lowest BCUT2D eigenvalue weighted by Gasteiger charge is -2.40. The van der Waals surface area contributed by atoms with E-state index in [0.29, 0.717) is 11.5 Å². The van der Waals surface area contributed by atoms with Crippen molar-refractivity contribution in [2.75, 3.05) is 31.5 Å². The molecule has 0 radical (unpaired) electrons. The number of fused-ring (bicyclic) bond motifs is 1. The van der Waals surface area contributed by atoms with Crippen molar-refractivity contribution >= 4 is 21.5 Å². The number of aryl methyl sites for hydroxylation is 3. The number of rotatable bonds is 9. The summed E-state index contributed by atoms with van der Waals surface area (Å²) in [6.07, 6.45) is 3.63. The fraction of sp³-hybridized carbons (Fsp3) is 0.175. The van der Waals surface area contributed by atoms with E-state index in [1.807, 2.05) is 61.7 Å². The zero-order chi connectivity index (χ0) is 45.6. The minimum absolute atomic E-state index is 0. The van der Waals surface area contributed by atoms with Crippen molar-refractivity contribution in [3.05, 3.63) is 216 Å². The van der Waals surface area contributed by atoms with Crippen molar-refractivity contribution in [1.29, 1.82) is 0 Å². The van der Waals surface area contributed by atoms with Gasteiger partial charge in [0.05, 0.1) is 23.1 Å². The van der Waals surface area contributed by atoms with Crippen molar-refractivity contribution in [2.24, 2.45) is 4.40 Å². The van der Waals surface area contributed by atoms with E-state index in [9.17, 15) is 8.42 Å². The molecule has 1 fully saturated rings. The molecule has 0 spiro atoms. The van der Waals surface area contributed by atoms with Crippen LogP contribution in [0.3, 0.4) is 0 Å². The van der Waals surface area contributed by atoms with E-state index >= 15 is 0 Å². The standard InChI is InChI=1S/C37H37N3.C20H17N3O2S.H2/c1-28-10-8-12-30(26-28)27-39-22-24-40(25-23-39)37(32-13-4-3-5-14-32)33-19-17-31(18-20-33)34-15-9-11-29(2)36(34)35-16-6-7-21-38-35;1-13-6-5-7-16(20(13)18-8-3-4-11-21-18)15-9-10-17-19(12-15)26(24,25)23-14(2)22-17;/h3-21,26,37H,22-25,27H2,1-2H3;3-12H,1-2H3,(H,22,23);1H. The summed E-state index contributed by atoms with van der Waals surface area (Å²) in [5.41, 5.74) is 16.6. The van der Waals surface area contributed by atoms with Crippen molar-refractivity contribution in [2.45, 2.75) is 45.2 Å². The molecule has 66 heavy (non-hydrogen) atoms. The molecule has 2 aliphatic heterocycles. The summed E-state index contributed by atoms with van der Waals surface area (Å²) < 4.78 is 28.7. The number of hydrogen-bond acceptors (Lipinski definition) is 7. The van der Waals surface area contributed by atoms with E-state index in [4.69, 9.17) is 0 Å². The van der Waals surface area contributed by atoms with Crippen LogP contribution in [0.15, 0.2) is 192 Å². The van der Waals surface area contributed by atoms with Gasteiger partial charge in [-0.15, -0.1) is 4.40 Å². The number of anilines is 1. The number of sulfonamides is 1. The summed E-state index contributed by atoms with van der Waals surface area (Å²) >= 11 is 0. The molecule has 6 aromatic carbocycles. The third-order valence-electron chi connectivity index (χ3n) is 12.4. The van der Waals surface area contributed by atoms with E-state index < -0.39 is 10.0 Å². The minimum atomic E-state index is -3.70. The highest BCUT2D eigenvalue weighted by molar-refractivity contribution is 7.90. The SMILES string of the molecule is CC1=NS(=O)(=O)c2cc(-c3cccc(C)c3-c3ccccn3)ccc2N1.Cc1cccc(CN2CCN(C(c3ccccc3)c3ccc(-c4cccc(C)c4-c4ccccn4)cc3)CC2)c1.[HH]. The monoisotopic (exact) mass is 888 g/mol. The molecule has 2 aromatic heterocycles. The predicted octanol–water partition coefficient (Wildman–Crippen LogP) is 12.4. The first-order valence-electron chi connectivity index (χ1n) is 22.5. The van der Waals surface area contributed by atoms with Crippen LogP contribution < -0.4 is 5.32 Å². The Bertz CT molecular complexity index is 3100. The number of hydrogen-bond donors (Lipinski definition) is 1. The molecule has 0 amide bonds. The highest BCUT2D eigenvalue weighted by Crippen LogP contribution is 2.39. The first kappa shape index (κ1) is 44.2. The van der Waals surface area contributed by atoms with Gasteiger partial charge in [0.2, 0.25) is 0 Å². The van der Waals surface area contributed by atoms with Crippen molar-refractivity contribution in [1.82, 2.24) is 19.8 Å². The van der Waals surface area contributed by atoms with Gasteiger partial charge in [-0.2, -0.15) is 8.42 Å². The van der Waals surface area contributed by atoms with Crippen LogP contribution in [0.2, 0.25) is 0 Å². The Morgan fingerprint density at radius 2 is 1.15 bits per heavy atom. The van der Waals surface area contributed by atoms with E-state index in [1.54, 1.807) is 25.3 Å².